The topological polar surface area (TPSA) is 45.8 Å². The van der Waals surface area contributed by atoms with Crippen LogP contribution in [0.2, 0.25) is 0 Å². The van der Waals surface area contributed by atoms with Crippen LogP contribution < -0.4 is 5.56 Å². The Bertz CT molecular complexity index is 857. The number of hydrogen-bond acceptors (Lipinski definition) is 2. The molecule has 0 bridgehead atoms. The Morgan fingerprint density at radius 2 is 2.00 bits per heavy atom. The summed E-state index contributed by atoms with van der Waals surface area (Å²) in [6, 6.07) is 0.557. The van der Waals surface area contributed by atoms with Crippen molar-refractivity contribution in [1.82, 2.24) is 9.97 Å². The Hall–Kier alpha value is -2.25. The van der Waals surface area contributed by atoms with Crippen LogP contribution in [-0.4, -0.2) is 9.97 Å². The summed E-state index contributed by atoms with van der Waals surface area (Å²) < 4.78 is 68.2. The van der Waals surface area contributed by atoms with Gasteiger partial charge in [0.15, 0.2) is 0 Å². The van der Waals surface area contributed by atoms with E-state index in [1.807, 2.05) is 0 Å². The predicted octanol–water partition coefficient (Wildman–Crippen LogP) is 3.65. The van der Waals surface area contributed by atoms with E-state index in [0.29, 0.717) is 17.3 Å². The summed E-state index contributed by atoms with van der Waals surface area (Å²) in [6.07, 6.45) is -3.61. The number of H-pyrrole nitrogens is 1. The smallest absolute Gasteiger partial charge is 0.313 e. The molecule has 0 radical (unpaired) electrons. The molecule has 0 aliphatic heterocycles. The van der Waals surface area contributed by atoms with Crippen molar-refractivity contribution in [3.8, 4) is 0 Å². The molecule has 0 saturated heterocycles. The maximum absolute atomic E-state index is 14.5. The molecule has 1 N–H and O–H groups in total. The van der Waals surface area contributed by atoms with Crippen molar-refractivity contribution in [2.24, 2.45) is 0 Å². The second kappa shape index (κ2) is 5.68. The van der Waals surface area contributed by atoms with Crippen LogP contribution in [-0.2, 0) is 19.0 Å². The highest BCUT2D eigenvalue weighted by molar-refractivity contribution is 5.41. The van der Waals surface area contributed by atoms with E-state index in [9.17, 15) is 26.7 Å². The second-order valence-electron chi connectivity index (χ2n) is 5.87. The van der Waals surface area contributed by atoms with Gasteiger partial charge in [-0.1, -0.05) is 0 Å². The van der Waals surface area contributed by atoms with Crippen molar-refractivity contribution in [3.63, 3.8) is 0 Å². The van der Waals surface area contributed by atoms with Gasteiger partial charge in [-0.25, -0.2) is 13.8 Å². The molecule has 0 spiro atoms. The summed E-state index contributed by atoms with van der Waals surface area (Å²) >= 11 is 0. The zero-order valence-electron chi connectivity index (χ0n) is 12.6. The molecule has 0 fully saturated rings. The molecular formula is C16H13F5N2O. The summed E-state index contributed by atoms with van der Waals surface area (Å²) in [4.78, 5) is 18.1. The maximum atomic E-state index is 14.5. The van der Waals surface area contributed by atoms with E-state index < -0.39 is 34.9 Å². The largest absolute Gasteiger partial charge is 0.419 e. The Labute approximate surface area is 133 Å². The first-order valence-corrected chi connectivity index (χ1v) is 7.31. The van der Waals surface area contributed by atoms with Crippen LogP contribution in [0.3, 0.4) is 0 Å². The predicted molar refractivity (Wildman–Crippen MR) is 75.7 cm³/mol. The van der Waals surface area contributed by atoms with E-state index in [1.165, 1.54) is 6.92 Å². The third kappa shape index (κ3) is 2.70. The van der Waals surface area contributed by atoms with Crippen molar-refractivity contribution in [1.29, 1.82) is 0 Å². The molecular weight excluding hydrogens is 331 g/mol. The average molecular weight is 344 g/mol. The molecule has 0 saturated carbocycles. The fourth-order valence-corrected chi connectivity index (χ4v) is 3.25. The van der Waals surface area contributed by atoms with Crippen molar-refractivity contribution in [2.45, 2.75) is 38.3 Å². The van der Waals surface area contributed by atoms with Gasteiger partial charge in [0.05, 0.1) is 17.6 Å². The summed E-state index contributed by atoms with van der Waals surface area (Å²) in [5.74, 6) is -3.43. The number of aromatic amines is 1. The molecule has 128 valence electrons. The Morgan fingerprint density at radius 1 is 1.29 bits per heavy atom. The summed E-state index contributed by atoms with van der Waals surface area (Å²) in [6.45, 7) is 1.22. The first-order chi connectivity index (χ1) is 11.2. The van der Waals surface area contributed by atoms with Crippen LogP contribution in [0.4, 0.5) is 22.0 Å². The molecule has 1 aromatic carbocycles. The summed E-state index contributed by atoms with van der Waals surface area (Å²) in [5, 5.41) is 0. The third-order valence-corrected chi connectivity index (χ3v) is 4.35. The SMILES string of the molecule is Cc1cc(F)c(C(F)(F)F)c(C2CCc3c(nc[nH]c3=O)C2)c1F. The average Bonchev–Trinajstić information content (AvgIpc) is 2.49. The van der Waals surface area contributed by atoms with Crippen molar-refractivity contribution in [2.75, 3.05) is 0 Å². The van der Waals surface area contributed by atoms with E-state index in [0.717, 1.165) is 6.33 Å². The van der Waals surface area contributed by atoms with Gasteiger partial charge in [-0.2, -0.15) is 13.2 Å². The first-order valence-electron chi connectivity index (χ1n) is 7.31. The minimum absolute atomic E-state index is 0.0395. The van der Waals surface area contributed by atoms with E-state index in [2.05, 4.69) is 9.97 Å². The maximum Gasteiger partial charge on any atom is 0.419 e. The summed E-state index contributed by atoms with van der Waals surface area (Å²) in [7, 11) is 0. The number of benzene rings is 1. The van der Waals surface area contributed by atoms with Gasteiger partial charge in [0.1, 0.15) is 11.6 Å². The van der Waals surface area contributed by atoms with Crippen LogP contribution >= 0.6 is 0 Å². The lowest BCUT2D eigenvalue weighted by Gasteiger charge is -2.27. The Balaban J connectivity index is 2.15. The molecule has 1 heterocycles. The van der Waals surface area contributed by atoms with Gasteiger partial charge in [-0.05, 0) is 43.7 Å². The van der Waals surface area contributed by atoms with E-state index in [4.69, 9.17) is 0 Å². The van der Waals surface area contributed by atoms with E-state index in [1.54, 1.807) is 0 Å². The lowest BCUT2D eigenvalue weighted by molar-refractivity contribution is -0.141. The van der Waals surface area contributed by atoms with Gasteiger partial charge >= 0.3 is 6.18 Å². The number of nitrogens with zero attached hydrogens (tertiary/aromatic N) is 1. The minimum atomic E-state index is -5.00. The monoisotopic (exact) mass is 344 g/mol. The van der Waals surface area contributed by atoms with Gasteiger partial charge in [-0.15, -0.1) is 0 Å². The molecule has 1 aliphatic rings. The first kappa shape index (κ1) is 16.6. The highest BCUT2D eigenvalue weighted by Crippen LogP contribution is 2.42. The number of halogens is 5. The molecule has 1 unspecified atom stereocenters. The molecule has 2 aromatic rings. The zero-order valence-corrected chi connectivity index (χ0v) is 12.6. The zero-order chi connectivity index (χ0) is 17.6. The lowest BCUT2D eigenvalue weighted by Crippen LogP contribution is -2.26. The van der Waals surface area contributed by atoms with E-state index >= 15 is 0 Å². The number of alkyl halides is 3. The Kier molecular flexibility index (Phi) is 3.93. The van der Waals surface area contributed by atoms with Crippen LogP contribution in [0.25, 0.3) is 0 Å². The molecule has 1 aliphatic carbocycles. The van der Waals surface area contributed by atoms with Gasteiger partial charge in [-0.3, -0.25) is 4.79 Å². The lowest BCUT2D eigenvalue weighted by atomic mass is 9.80. The van der Waals surface area contributed by atoms with Gasteiger partial charge in [0, 0.05) is 11.1 Å². The van der Waals surface area contributed by atoms with Crippen LogP contribution in [0.15, 0.2) is 17.2 Å². The second-order valence-corrected chi connectivity index (χ2v) is 5.87. The molecule has 1 aromatic heterocycles. The summed E-state index contributed by atoms with van der Waals surface area (Å²) in [5.41, 5.74) is -2.07. The number of fused-ring (bicyclic) bond motifs is 1. The number of aryl methyl sites for hydroxylation is 1. The van der Waals surface area contributed by atoms with Gasteiger partial charge in [0.2, 0.25) is 0 Å². The van der Waals surface area contributed by atoms with Crippen molar-refractivity contribution in [3.05, 3.63) is 62.3 Å². The van der Waals surface area contributed by atoms with Crippen molar-refractivity contribution >= 4 is 0 Å². The number of aromatic nitrogens is 2. The fourth-order valence-electron chi connectivity index (χ4n) is 3.25. The molecule has 24 heavy (non-hydrogen) atoms. The third-order valence-electron chi connectivity index (χ3n) is 4.35. The molecule has 3 rings (SSSR count). The van der Waals surface area contributed by atoms with Crippen molar-refractivity contribution < 1.29 is 22.0 Å². The highest BCUT2D eigenvalue weighted by Gasteiger charge is 2.41. The van der Waals surface area contributed by atoms with E-state index in [-0.39, 0.29) is 30.4 Å². The Morgan fingerprint density at radius 3 is 2.67 bits per heavy atom. The number of rotatable bonds is 1. The van der Waals surface area contributed by atoms with Crippen LogP contribution in [0.1, 0.15) is 40.3 Å². The molecule has 0 amide bonds. The van der Waals surface area contributed by atoms with Gasteiger partial charge < -0.3 is 4.98 Å². The molecule has 8 heteroatoms. The van der Waals surface area contributed by atoms with Crippen LogP contribution in [0.5, 0.6) is 0 Å². The molecule has 3 nitrogen and oxygen atoms in total. The molecule has 1 atom stereocenters. The fraction of sp³-hybridized carbons (Fsp3) is 0.375. The quantitative estimate of drug-likeness (QED) is 0.803. The number of nitrogens with one attached hydrogen (secondary N) is 1. The number of hydrogen-bond donors (Lipinski definition) is 1. The highest BCUT2D eigenvalue weighted by atomic mass is 19.4. The minimum Gasteiger partial charge on any atom is -0.313 e. The standard InChI is InChI=1S/C16H13F5N2O/c1-7-4-10(17)13(16(19,20)21)12(14(7)18)8-2-3-9-11(5-8)22-6-23-15(9)24/h4,6,8H,2-3,5H2,1H3,(H,22,23,24). The van der Waals surface area contributed by atoms with Gasteiger partial charge in [0.25, 0.3) is 5.56 Å². The normalized spacial score (nSPS) is 17.7. The van der Waals surface area contributed by atoms with Crippen LogP contribution in [0, 0.1) is 18.6 Å².